The monoisotopic (exact) mass is 556 g/mol. The van der Waals surface area contributed by atoms with Crippen molar-refractivity contribution < 1.29 is 23.1 Å². The molecule has 0 fully saturated rings. The standard InChI is InChI=1S/C19H26Cl2N6O5S.ClH/c1-3-26(4-2)8-9-33(31,32)23-16(11-19(29)30)17(28)12-27-18(22-24-25-27)10-13-14(20)6-5-7-15(13)21;/h5-7,16,23H,3-4,8-12H2,1-2H3,(H,29,30);1H. The van der Waals surface area contributed by atoms with Gasteiger partial charge in [0.2, 0.25) is 10.0 Å². The molecule has 0 aliphatic carbocycles. The zero-order chi connectivity index (χ0) is 24.6. The highest BCUT2D eigenvalue weighted by Crippen LogP contribution is 2.26. The summed E-state index contributed by atoms with van der Waals surface area (Å²) in [6.45, 7) is 4.97. The molecular weight excluding hydrogens is 531 g/mol. The number of rotatable bonds is 14. The zero-order valence-corrected chi connectivity index (χ0v) is 21.8. The van der Waals surface area contributed by atoms with Gasteiger partial charge in [0.05, 0.1) is 18.2 Å². The SMILES string of the molecule is CCN(CC)CCS(=O)(=O)NC(CC(=O)O)C(=O)Cn1nnnc1Cc1c(Cl)cccc1Cl.Cl. The minimum Gasteiger partial charge on any atom is -0.481 e. The number of sulfonamides is 1. The third-order valence-electron chi connectivity index (χ3n) is 4.97. The predicted molar refractivity (Wildman–Crippen MR) is 130 cm³/mol. The fourth-order valence-corrected chi connectivity index (χ4v) is 4.85. The summed E-state index contributed by atoms with van der Waals surface area (Å²) in [6.07, 6.45) is -0.588. The van der Waals surface area contributed by atoms with Gasteiger partial charge in [0.25, 0.3) is 0 Å². The number of aromatic nitrogens is 4. The summed E-state index contributed by atoms with van der Waals surface area (Å²) in [5.74, 6) is -2.02. The zero-order valence-electron chi connectivity index (χ0n) is 18.6. The lowest BCUT2D eigenvalue weighted by Crippen LogP contribution is -2.46. The largest absolute Gasteiger partial charge is 0.481 e. The summed E-state index contributed by atoms with van der Waals surface area (Å²) < 4.78 is 28.4. The van der Waals surface area contributed by atoms with Crippen LogP contribution in [0.1, 0.15) is 31.7 Å². The number of hydrogen-bond acceptors (Lipinski definition) is 8. The van der Waals surface area contributed by atoms with Crippen LogP contribution in [0.15, 0.2) is 18.2 Å². The fraction of sp³-hybridized carbons (Fsp3) is 0.526. The topological polar surface area (TPSA) is 147 Å². The van der Waals surface area contributed by atoms with Gasteiger partial charge < -0.3 is 10.0 Å². The summed E-state index contributed by atoms with van der Waals surface area (Å²) in [5, 5.41) is 21.2. The molecule has 15 heteroatoms. The van der Waals surface area contributed by atoms with Gasteiger partial charge in [-0.05, 0) is 41.2 Å². The molecule has 2 aromatic rings. The van der Waals surface area contributed by atoms with Gasteiger partial charge in [-0.3, -0.25) is 9.59 Å². The lowest BCUT2D eigenvalue weighted by Gasteiger charge is -2.20. The average molecular weight is 558 g/mol. The van der Waals surface area contributed by atoms with Crippen molar-refractivity contribution in [2.24, 2.45) is 0 Å². The lowest BCUT2D eigenvalue weighted by molar-refractivity contribution is -0.139. The normalized spacial score (nSPS) is 12.4. The molecule has 34 heavy (non-hydrogen) atoms. The van der Waals surface area contributed by atoms with E-state index in [1.807, 2.05) is 18.7 Å². The molecule has 11 nitrogen and oxygen atoms in total. The Morgan fingerprint density at radius 1 is 1.21 bits per heavy atom. The number of hydrogen-bond donors (Lipinski definition) is 2. The van der Waals surface area contributed by atoms with Gasteiger partial charge in [0.15, 0.2) is 11.6 Å². The van der Waals surface area contributed by atoms with Crippen LogP contribution in [-0.2, 0) is 32.6 Å². The maximum absolute atomic E-state index is 12.8. The average Bonchev–Trinajstić information content (AvgIpc) is 3.17. The smallest absolute Gasteiger partial charge is 0.305 e. The van der Waals surface area contributed by atoms with Crippen molar-refractivity contribution in [1.82, 2.24) is 29.8 Å². The molecule has 0 bridgehead atoms. The number of benzene rings is 1. The molecule has 0 saturated carbocycles. The second-order valence-electron chi connectivity index (χ2n) is 7.21. The Kier molecular flexibility index (Phi) is 12.4. The highest BCUT2D eigenvalue weighted by Gasteiger charge is 2.28. The number of Topliss-reactive ketones (excluding diaryl/α,β-unsaturated/α-hetero) is 1. The van der Waals surface area contributed by atoms with Crippen LogP contribution < -0.4 is 4.72 Å². The Hall–Kier alpha value is -1.83. The lowest BCUT2D eigenvalue weighted by atomic mass is 10.1. The third-order valence-corrected chi connectivity index (χ3v) is 7.04. The minimum absolute atomic E-state index is 0. The van der Waals surface area contributed by atoms with Crippen LogP contribution >= 0.6 is 35.6 Å². The van der Waals surface area contributed by atoms with E-state index in [0.717, 1.165) is 0 Å². The molecule has 1 unspecified atom stereocenters. The van der Waals surface area contributed by atoms with E-state index in [2.05, 4.69) is 20.2 Å². The van der Waals surface area contributed by atoms with Crippen molar-refractivity contribution in [3.8, 4) is 0 Å². The van der Waals surface area contributed by atoms with Crippen LogP contribution in [-0.4, -0.2) is 81.8 Å². The van der Waals surface area contributed by atoms with Gasteiger partial charge >= 0.3 is 5.97 Å². The van der Waals surface area contributed by atoms with E-state index in [9.17, 15) is 23.1 Å². The van der Waals surface area contributed by atoms with Crippen molar-refractivity contribution in [2.75, 3.05) is 25.4 Å². The van der Waals surface area contributed by atoms with Crippen LogP contribution in [0.4, 0.5) is 0 Å². The summed E-state index contributed by atoms with van der Waals surface area (Å²) in [6, 6.07) is 3.52. The van der Waals surface area contributed by atoms with Crippen LogP contribution in [0.3, 0.4) is 0 Å². The van der Waals surface area contributed by atoms with Crippen LogP contribution in [0.2, 0.25) is 10.0 Å². The van der Waals surface area contributed by atoms with Gasteiger partial charge in [-0.15, -0.1) is 17.5 Å². The van der Waals surface area contributed by atoms with Gasteiger partial charge in [0.1, 0.15) is 6.54 Å². The van der Waals surface area contributed by atoms with Crippen LogP contribution in [0.25, 0.3) is 0 Å². The highest BCUT2D eigenvalue weighted by molar-refractivity contribution is 7.89. The number of nitrogens with one attached hydrogen (secondary N) is 1. The van der Waals surface area contributed by atoms with Crippen LogP contribution in [0, 0.1) is 0 Å². The van der Waals surface area contributed by atoms with E-state index >= 15 is 0 Å². The molecule has 0 radical (unpaired) electrons. The van der Waals surface area contributed by atoms with E-state index in [0.29, 0.717) is 28.7 Å². The van der Waals surface area contributed by atoms with E-state index in [-0.39, 0.29) is 36.9 Å². The first-order valence-electron chi connectivity index (χ1n) is 10.2. The molecule has 1 heterocycles. The summed E-state index contributed by atoms with van der Waals surface area (Å²) in [5.41, 5.74) is 0.559. The van der Waals surface area contributed by atoms with E-state index in [4.69, 9.17) is 23.2 Å². The Labute approximate surface area is 214 Å². The molecule has 2 N–H and O–H groups in total. The number of carboxylic acid groups (broad SMARTS) is 1. The first-order valence-corrected chi connectivity index (χ1v) is 12.6. The number of tetrazole rings is 1. The van der Waals surface area contributed by atoms with E-state index in [1.165, 1.54) is 4.68 Å². The van der Waals surface area contributed by atoms with Crippen molar-refractivity contribution in [2.45, 2.75) is 39.3 Å². The molecular formula is C19H27Cl3N6O5S. The number of nitrogens with zero attached hydrogens (tertiary/aromatic N) is 5. The molecule has 0 saturated heterocycles. The number of carboxylic acids is 1. The predicted octanol–water partition coefficient (Wildman–Crippen LogP) is 1.67. The van der Waals surface area contributed by atoms with E-state index < -0.39 is 40.8 Å². The van der Waals surface area contributed by atoms with Crippen LogP contribution in [0.5, 0.6) is 0 Å². The second-order valence-corrected chi connectivity index (χ2v) is 9.90. The maximum Gasteiger partial charge on any atom is 0.305 e. The molecule has 1 aromatic heterocycles. The molecule has 0 aliphatic rings. The summed E-state index contributed by atoms with van der Waals surface area (Å²) >= 11 is 12.4. The number of carbonyl (C=O) groups excluding carboxylic acids is 1. The molecule has 1 aromatic carbocycles. The maximum atomic E-state index is 12.8. The summed E-state index contributed by atoms with van der Waals surface area (Å²) in [7, 11) is -3.91. The number of carbonyl (C=O) groups is 2. The Morgan fingerprint density at radius 2 is 1.82 bits per heavy atom. The molecule has 1 atom stereocenters. The molecule has 0 aliphatic heterocycles. The van der Waals surface area contributed by atoms with Crippen molar-refractivity contribution in [3.63, 3.8) is 0 Å². The van der Waals surface area contributed by atoms with Gasteiger partial charge in [-0.25, -0.2) is 17.8 Å². The second kappa shape index (κ2) is 13.9. The quantitative estimate of drug-likeness (QED) is 0.354. The first-order chi connectivity index (χ1) is 15.6. The van der Waals surface area contributed by atoms with Gasteiger partial charge in [-0.2, -0.15) is 0 Å². The number of aliphatic carboxylic acids is 1. The fourth-order valence-electron chi connectivity index (χ4n) is 3.05. The molecule has 0 spiro atoms. The Balaban J connectivity index is 0.00000578. The van der Waals surface area contributed by atoms with Gasteiger partial charge in [0, 0.05) is 23.0 Å². The molecule has 190 valence electrons. The van der Waals surface area contributed by atoms with Crippen molar-refractivity contribution >= 4 is 57.4 Å². The number of halogens is 3. The van der Waals surface area contributed by atoms with E-state index in [1.54, 1.807) is 18.2 Å². The number of ketones is 1. The molecule has 0 amide bonds. The van der Waals surface area contributed by atoms with Crippen molar-refractivity contribution in [1.29, 1.82) is 0 Å². The summed E-state index contributed by atoms with van der Waals surface area (Å²) in [4.78, 5) is 26.0. The highest BCUT2D eigenvalue weighted by atomic mass is 35.5. The minimum atomic E-state index is -3.91. The Bertz CT molecular complexity index is 1060. The van der Waals surface area contributed by atoms with Gasteiger partial charge in [-0.1, -0.05) is 43.1 Å². The third kappa shape index (κ3) is 9.08. The van der Waals surface area contributed by atoms with Crippen molar-refractivity contribution in [3.05, 3.63) is 39.6 Å². The molecule has 2 rings (SSSR count). The first kappa shape index (κ1) is 30.2. The Morgan fingerprint density at radius 3 is 2.38 bits per heavy atom.